The van der Waals surface area contributed by atoms with Crippen LogP contribution in [0.3, 0.4) is 0 Å². The highest BCUT2D eigenvalue weighted by molar-refractivity contribution is 5.89. The van der Waals surface area contributed by atoms with E-state index in [-0.39, 0.29) is 12.3 Å². The summed E-state index contributed by atoms with van der Waals surface area (Å²) in [7, 11) is 0. The summed E-state index contributed by atoms with van der Waals surface area (Å²) < 4.78 is 30.4. The average molecular weight is 400 g/mol. The molecule has 1 heterocycles. The summed E-state index contributed by atoms with van der Waals surface area (Å²) in [4.78, 5) is 12.2. The second-order valence-corrected chi connectivity index (χ2v) is 6.59. The van der Waals surface area contributed by atoms with E-state index >= 15 is 0 Å². The zero-order valence-electron chi connectivity index (χ0n) is 15.3. The predicted octanol–water partition coefficient (Wildman–Crippen LogP) is 3.60. The number of tetrazole rings is 1. The van der Waals surface area contributed by atoms with Gasteiger partial charge in [0.1, 0.15) is 5.75 Å². The quantitative estimate of drug-likeness (QED) is 0.632. The SMILES string of the molecule is O=C(NCc1ccc(OC(F)F)cc1)Nc1cccc(-c2nnnn2C2CC2)c1. The van der Waals surface area contributed by atoms with Crippen LogP contribution in [0.15, 0.2) is 48.5 Å². The Balaban J connectivity index is 1.34. The molecule has 0 unspecified atom stereocenters. The molecule has 0 atom stereocenters. The van der Waals surface area contributed by atoms with Gasteiger partial charge in [0.2, 0.25) is 0 Å². The van der Waals surface area contributed by atoms with Crippen LogP contribution in [0.25, 0.3) is 11.4 Å². The van der Waals surface area contributed by atoms with Gasteiger partial charge in [-0.25, -0.2) is 9.48 Å². The van der Waals surface area contributed by atoms with Crippen LogP contribution in [-0.4, -0.2) is 32.8 Å². The number of halogens is 2. The predicted molar refractivity (Wildman–Crippen MR) is 100 cm³/mol. The molecule has 0 spiro atoms. The fourth-order valence-electron chi connectivity index (χ4n) is 2.83. The first-order valence-electron chi connectivity index (χ1n) is 9.05. The van der Waals surface area contributed by atoms with Gasteiger partial charge in [-0.2, -0.15) is 8.78 Å². The standard InChI is InChI=1S/C19H18F2N6O2/c20-18(21)29-16-8-4-12(5-9-16)11-22-19(28)23-14-3-1-2-13(10-14)17-24-25-26-27(17)15-6-7-15/h1-5,8-10,15,18H,6-7,11H2,(H2,22,23,28). The van der Waals surface area contributed by atoms with Crippen molar-refractivity contribution in [1.29, 1.82) is 0 Å². The largest absolute Gasteiger partial charge is 0.435 e. The topological polar surface area (TPSA) is 94.0 Å². The number of hydrogen-bond acceptors (Lipinski definition) is 5. The van der Waals surface area contributed by atoms with Crippen molar-refractivity contribution in [2.24, 2.45) is 0 Å². The molecule has 8 nitrogen and oxygen atoms in total. The second kappa shape index (κ2) is 8.21. The first-order chi connectivity index (χ1) is 14.1. The maximum Gasteiger partial charge on any atom is 0.387 e. The van der Waals surface area contributed by atoms with Gasteiger partial charge in [-0.15, -0.1) is 5.10 Å². The number of benzene rings is 2. The Kier molecular flexibility index (Phi) is 5.32. The van der Waals surface area contributed by atoms with Gasteiger partial charge < -0.3 is 15.4 Å². The van der Waals surface area contributed by atoms with Crippen molar-refractivity contribution in [2.45, 2.75) is 32.0 Å². The monoisotopic (exact) mass is 400 g/mol. The van der Waals surface area contributed by atoms with E-state index in [1.54, 1.807) is 28.9 Å². The smallest absolute Gasteiger partial charge is 0.387 e. The first-order valence-corrected chi connectivity index (χ1v) is 9.05. The van der Waals surface area contributed by atoms with E-state index in [9.17, 15) is 13.6 Å². The zero-order valence-corrected chi connectivity index (χ0v) is 15.3. The van der Waals surface area contributed by atoms with Crippen molar-refractivity contribution in [1.82, 2.24) is 25.5 Å². The highest BCUT2D eigenvalue weighted by Gasteiger charge is 2.28. The van der Waals surface area contributed by atoms with Crippen LogP contribution in [0.2, 0.25) is 0 Å². The summed E-state index contributed by atoms with van der Waals surface area (Å²) in [6, 6.07) is 13.3. The molecule has 0 saturated heterocycles. The molecule has 1 fully saturated rings. The van der Waals surface area contributed by atoms with Gasteiger partial charge in [0.25, 0.3) is 0 Å². The Labute approximate surface area is 164 Å². The van der Waals surface area contributed by atoms with Crippen LogP contribution in [0.1, 0.15) is 24.4 Å². The van der Waals surface area contributed by atoms with E-state index in [4.69, 9.17) is 0 Å². The molecule has 1 saturated carbocycles. The molecule has 0 aliphatic heterocycles. The van der Waals surface area contributed by atoms with E-state index in [0.29, 0.717) is 17.6 Å². The third-order valence-corrected chi connectivity index (χ3v) is 4.37. The molecule has 1 aliphatic carbocycles. The first kappa shape index (κ1) is 18.8. The Bertz CT molecular complexity index is 988. The molecule has 3 aromatic rings. The number of ether oxygens (including phenoxy) is 1. The molecule has 1 aromatic heterocycles. The summed E-state index contributed by atoms with van der Waals surface area (Å²) in [5, 5.41) is 17.4. The molecular weight excluding hydrogens is 382 g/mol. The number of aromatic nitrogens is 4. The molecule has 0 bridgehead atoms. The second-order valence-electron chi connectivity index (χ2n) is 6.59. The van der Waals surface area contributed by atoms with E-state index in [1.165, 1.54) is 12.1 Å². The maximum absolute atomic E-state index is 12.2. The van der Waals surface area contributed by atoms with Gasteiger partial charge >= 0.3 is 12.6 Å². The summed E-state index contributed by atoms with van der Waals surface area (Å²) in [5.41, 5.74) is 2.17. The molecule has 2 aromatic carbocycles. The molecular formula is C19H18F2N6O2. The van der Waals surface area contributed by atoms with E-state index in [1.807, 2.05) is 12.1 Å². The number of rotatable bonds is 7. The van der Waals surface area contributed by atoms with Gasteiger partial charge in [0, 0.05) is 17.8 Å². The normalized spacial score (nSPS) is 13.3. The number of hydrogen-bond donors (Lipinski definition) is 2. The van der Waals surface area contributed by atoms with Crippen LogP contribution in [0, 0.1) is 0 Å². The number of nitrogens with one attached hydrogen (secondary N) is 2. The Morgan fingerprint density at radius 1 is 1.21 bits per heavy atom. The van der Waals surface area contributed by atoms with E-state index in [0.717, 1.165) is 24.0 Å². The Morgan fingerprint density at radius 3 is 2.72 bits per heavy atom. The Morgan fingerprint density at radius 2 is 2.00 bits per heavy atom. The van der Waals surface area contributed by atoms with Gasteiger partial charge in [-0.05, 0) is 53.1 Å². The number of carbonyl (C=O) groups is 1. The van der Waals surface area contributed by atoms with Crippen LogP contribution < -0.4 is 15.4 Å². The third kappa shape index (κ3) is 4.84. The molecule has 2 amide bonds. The van der Waals surface area contributed by atoms with Crippen molar-refractivity contribution in [3.8, 4) is 17.1 Å². The molecule has 4 rings (SSSR count). The fourth-order valence-corrected chi connectivity index (χ4v) is 2.83. The lowest BCUT2D eigenvalue weighted by atomic mass is 10.2. The minimum Gasteiger partial charge on any atom is -0.435 e. The summed E-state index contributed by atoms with van der Waals surface area (Å²) in [6.45, 7) is -2.63. The van der Waals surface area contributed by atoms with Crippen molar-refractivity contribution < 1.29 is 18.3 Å². The number of carbonyl (C=O) groups excluding carboxylic acids is 1. The van der Waals surface area contributed by atoms with Crippen LogP contribution in [-0.2, 0) is 6.54 Å². The lowest BCUT2D eigenvalue weighted by Gasteiger charge is -2.10. The number of amides is 2. The van der Waals surface area contributed by atoms with Gasteiger partial charge in [0.05, 0.1) is 6.04 Å². The maximum atomic E-state index is 12.2. The van der Waals surface area contributed by atoms with Crippen LogP contribution >= 0.6 is 0 Å². The van der Waals surface area contributed by atoms with Crippen molar-refractivity contribution >= 4 is 11.7 Å². The number of anilines is 1. The molecule has 1 aliphatic rings. The number of alkyl halides is 2. The van der Waals surface area contributed by atoms with E-state index < -0.39 is 12.6 Å². The van der Waals surface area contributed by atoms with Crippen molar-refractivity contribution in [2.75, 3.05) is 5.32 Å². The highest BCUT2D eigenvalue weighted by Crippen LogP contribution is 2.36. The number of urea groups is 1. The average Bonchev–Trinajstić information content (AvgIpc) is 3.43. The lowest BCUT2D eigenvalue weighted by Crippen LogP contribution is -2.28. The van der Waals surface area contributed by atoms with Crippen molar-refractivity contribution in [3.63, 3.8) is 0 Å². The molecule has 0 radical (unpaired) electrons. The minimum absolute atomic E-state index is 0.0681. The third-order valence-electron chi connectivity index (χ3n) is 4.37. The summed E-state index contributed by atoms with van der Waals surface area (Å²) in [6.07, 6.45) is 2.13. The minimum atomic E-state index is -2.87. The number of nitrogens with zero attached hydrogens (tertiary/aromatic N) is 4. The molecule has 2 N–H and O–H groups in total. The summed E-state index contributed by atoms with van der Waals surface area (Å²) in [5.74, 6) is 0.737. The van der Waals surface area contributed by atoms with Crippen LogP contribution in [0.4, 0.5) is 19.3 Å². The molecule has 10 heteroatoms. The van der Waals surface area contributed by atoms with Gasteiger partial charge in [-0.1, -0.05) is 24.3 Å². The molecule has 150 valence electrons. The van der Waals surface area contributed by atoms with Crippen molar-refractivity contribution in [3.05, 3.63) is 54.1 Å². The van der Waals surface area contributed by atoms with Gasteiger partial charge in [0.15, 0.2) is 5.82 Å². The van der Waals surface area contributed by atoms with Crippen LogP contribution in [0.5, 0.6) is 5.75 Å². The zero-order chi connectivity index (χ0) is 20.2. The Hall–Kier alpha value is -3.56. The lowest BCUT2D eigenvalue weighted by molar-refractivity contribution is -0.0498. The van der Waals surface area contributed by atoms with Gasteiger partial charge in [-0.3, -0.25) is 0 Å². The summed E-state index contributed by atoms with van der Waals surface area (Å²) >= 11 is 0. The van der Waals surface area contributed by atoms with E-state index in [2.05, 4.69) is 30.9 Å². The fraction of sp³-hybridized carbons (Fsp3) is 0.263. The molecule has 29 heavy (non-hydrogen) atoms. The highest BCUT2D eigenvalue weighted by atomic mass is 19.3.